The summed E-state index contributed by atoms with van der Waals surface area (Å²) < 4.78 is 7.81. The molecule has 6 heteroatoms. The minimum Gasteiger partial charge on any atom is -0.481 e. The quantitative estimate of drug-likeness (QED) is 0.877. The van der Waals surface area contributed by atoms with E-state index in [-0.39, 0.29) is 5.91 Å². The first kappa shape index (κ1) is 19.4. The van der Waals surface area contributed by atoms with Gasteiger partial charge in [0.05, 0.1) is 12.1 Å². The second-order valence-electron chi connectivity index (χ2n) is 7.66. The van der Waals surface area contributed by atoms with Crippen LogP contribution in [-0.2, 0) is 11.3 Å². The number of aromatic nitrogens is 2. The van der Waals surface area contributed by atoms with E-state index < -0.39 is 11.7 Å². The minimum atomic E-state index is -0.805. The number of carbonyl (C=O) groups excluding carboxylic acids is 1. The van der Waals surface area contributed by atoms with Gasteiger partial charge in [0.2, 0.25) is 0 Å². The number of carbonyl (C=O) groups is 1. The van der Waals surface area contributed by atoms with Crippen molar-refractivity contribution in [3.63, 3.8) is 0 Å². The van der Waals surface area contributed by atoms with E-state index in [2.05, 4.69) is 4.98 Å². The number of imidazole rings is 1. The summed E-state index contributed by atoms with van der Waals surface area (Å²) in [4.78, 5) is 18.7. The van der Waals surface area contributed by atoms with Gasteiger partial charge >= 0.3 is 0 Å². The van der Waals surface area contributed by atoms with Gasteiger partial charge in [0.25, 0.3) is 5.91 Å². The molecule has 0 saturated carbocycles. The summed E-state index contributed by atoms with van der Waals surface area (Å²) in [5.41, 5.74) is 1.54. The summed E-state index contributed by atoms with van der Waals surface area (Å²) in [7, 11) is 0. The lowest BCUT2D eigenvalue weighted by Crippen LogP contribution is -2.51. The van der Waals surface area contributed by atoms with Crippen molar-refractivity contribution in [2.24, 2.45) is 0 Å². The van der Waals surface area contributed by atoms with Crippen LogP contribution in [0.25, 0.3) is 0 Å². The van der Waals surface area contributed by atoms with Crippen molar-refractivity contribution < 1.29 is 14.6 Å². The largest absolute Gasteiger partial charge is 0.481 e. The van der Waals surface area contributed by atoms with Gasteiger partial charge in [-0.25, -0.2) is 4.98 Å². The van der Waals surface area contributed by atoms with Gasteiger partial charge in [0.1, 0.15) is 11.6 Å². The molecule has 1 saturated heterocycles. The first-order chi connectivity index (χ1) is 12.8. The molecular formula is C21H29N3O3. The van der Waals surface area contributed by atoms with Crippen molar-refractivity contribution in [2.45, 2.75) is 58.8 Å². The Balaban J connectivity index is 1.55. The Kier molecular flexibility index (Phi) is 5.56. The second kappa shape index (κ2) is 7.72. The summed E-state index contributed by atoms with van der Waals surface area (Å²) in [5.74, 6) is 1.56. The van der Waals surface area contributed by atoms with E-state index in [0.29, 0.717) is 38.2 Å². The zero-order chi connectivity index (χ0) is 19.6. The Bertz CT molecular complexity index is 807. The lowest BCUT2D eigenvalue weighted by Gasteiger charge is -2.39. The molecular weight excluding hydrogens is 342 g/mol. The highest BCUT2D eigenvalue weighted by Gasteiger charge is 2.36. The van der Waals surface area contributed by atoms with Crippen LogP contribution < -0.4 is 4.74 Å². The molecule has 0 aliphatic carbocycles. The normalized spacial score (nSPS) is 17.6. The first-order valence-electron chi connectivity index (χ1n) is 9.50. The summed E-state index contributed by atoms with van der Waals surface area (Å²) >= 11 is 0. The van der Waals surface area contributed by atoms with Crippen LogP contribution in [0, 0.1) is 20.8 Å². The zero-order valence-corrected chi connectivity index (χ0v) is 16.6. The molecule has 1 aliphatic rings. The third kappa shape index (κ3) is 4.50. The molecule has 2 aromatic rings. The number of rotatable bonds is 5. The predicted molar refractivity (Wildman–Crippen MR) is 104 cm³/mol. The molecule has 0 unspecified atom stereocenters. The maximum Gasteiger partial charge on any atom is 0.263 e. The molecule has 1 aliphatic heterocycles. The average Bonchev–Trinajstić information content (AvgIpc) is 3.02. The summed E-state index contributed by atoms with van der Waals surface area (Å²) in [6, 6.07) is 5.86. The predicted octanol–water partition coefficient (Wildman–Crippen LogP) is 2.63. The topological polar surface area (TPSA) is 67.6 Å². The fourth-order valence-corrected chi connectivity index (χ4v) is 3.49. The van der Waals surface area contributed by atoms with Gasteiger partial charge in [-0.3, -0.25) is 4.79 Å². The van der Waals surface area contributed by atoms with Crippen molar-refractivity contribution in [3.05, 3.63) is 47.5 Å². The molecule has 27 heavy (non-hydrogen) atoms. The van der Waals surface area contributed by atoms with E-state index in [9.17, 15) is 9.90 Å². The van der Waals surface area contributed by atoms with Gasteiger partial charge in [-0.1, -0.05) is 6.07 Å². The zero-order valence-electron chi connectivity index (χ0n) is 16.6. The monoisotopic (exact) mass is 371 g/mol. The van der Waals surface area contributed by atoms with Crippen molar-refractivity contribution in [1.82, 2.24) is 14.5 Å². The van der Waals surface area contributed by atoms with Crippen LogP contribution in [0.3, 0.4) is 0 Å². The fraction of sp³-hybridized carbons (Fsp3) is 0.524. The third-order valence-electron chi connectivity index (χ3n) is 5.53. The number of nitrogens with zero attached hydrogens (tertiary/aromatic N) is 3. The number of piperidine rings is 1. The Morgan fingerprint density at radius 3 is 2.56 bits per heavy atom. The second-order valence-corrected chi connectivity index (χ2v) is 7.66. The van der Waals surface area contributed by atoms with Crippen LogP contribution in [0.5, 0.6) is 5.75 Å². The number of aliphatic hydroxyl groups is 1. The Hall–Kier alpha value is -2.34. The highest BCUT2D eigenvalue weighted by molar-refractivity contribution is 5.81. The molecule has 0 spiro atoms. The maximum atomic E-state index is 12.7. The van der Waals surface area contributed by atoms with Crippen molar-refractivity contribution >= 4 is 5.91 Å². The van der Waals surface area contributed by atoms with Crippen molar-refractivity contribution in [3.8, 4) is 5.75 Å². The fourth-order valence-electron chi connectivity index (χ4n) is 3.49. The molecule has 1 aromatic carbocycles. The van der Waals surface area contributed by atoms with Gasteiger partial charge in [-0.2, -0.15) is 0 Å². The summed E-state index contributed by atoms with van der Waals surface area (Å²) in [6.07, 6.45) is 4.17. The van der Waals surface area contributed by atoms with E-state index in [1.807, 2.05) is 49.7 Å². The number of benzene rings is 1. The first-order valence-corrected chi connectivity index (χ1v) is 9.50. The van der Waals surface area contributed by atoms with Crippen LogP contribution in [-0.4, -0.2) is 50.3 Å². The average molecular weight is 371 g/mol. The lowest BCUT2D eigenvalue weighted by molar-refractivity contribution is -0.142. The molecule has 1 fully saturated rings. The van der Waals surface area contributed by atoms with Crippen LogP contribution in [0.15, 0.2) is 30.6 Å². The van der Waals surface area contributed by atoms with Crippen molar-refractivity contribution in [2.75, 3.05) is 13.1 Å². The van der Waals surface area contributed by atoms with Gasteiger partial charge in [-0.05, 0) is 63.8 Å². The number of hydrogen-bond acceptors (Lipinski definition) is 4. The standard InChI is InChI=1S/C21H29N3O3/c1-15-5-6-19(13-16(15)2)27-17(3)20(25)23-10-7-21(26,8-11-23)14-24-12-9-22-18(24)4/h5-6,9,12-13,17,26H,7-8,10-11,14H2,1-4H3/t17-/m0/s1. The summed E-state index contributed by atoms with van der Waals surface area (Å²) in [5, 5.41) is 10.9. The highest BCUT2D eigenvalue weighted by Crippen LogP contribution is 2.26. The van der Waals surface area contributed by atoms with E-state index in [1.54, 1.807) is 18.0 Å². The summed E-state index contributed by atoms with van der Waals surface area (Å²) in [6.45, 7) is 9.36. The van der Waals surface area contributed by atoms with Crippen LogP contribution >= 0.6 is 0 Å². The highest BCUT2D eigenvalue weighted by atomic mass is 16.5. The van der Waals surface area contributed by atoms with E-state index in [1.165, 1.54) is 5.56 Å². The molecule has 0 radical (unpaired) electrons. The van der Waals surface area contributed by atoms with Crippen LogP contribution in [0.2, 0.25) is 0 Å². The van der Waals surface area contributed by atoms with Gasteiger partial charge in [-0.15, -0.1) is 0 Å². The number of amides is 1. The van der Waals surface area contributed by atoms with Gasteiger partial charge in [0.15, 0.2) is 6.10 Å². The third-order valence-corrected chi connectivity index (χ3v) is 5.53. The molecule has 1 amide bonds. The molecule has 0 bridgehead atoms. The molecule has 1 aromatic heterocycles. The molecule has 146 valence electrons. The number of hydrogen-bond donors (Lipinski definition) is 1. The Morgan fingerprint density at radius 1 is 1.26 bits per heavy atom. The van der Waals surface area contributed by atoms with E-state index >= 15 is 0 Å². The number of aryl methyl sites for hydroxylation is 3. The maximum absolute atomic E-state index is 12.7. The number of ether oxygens (including phenoxy) is 1. The van der Waals surface area contributed by atoms with Gasteiger partial charge < -0.3 is 19.3 Å². The molecule has 1 atom stereocenters. The minimum absolute atomic E-state index is 0.0333. The van der Waals surface area contributed by atoms with Crippen LogP contribution in [0.1, 0.15) is 36.7 Å². The lowest BCUT2D eigenvalue weighted by atomic mass is 9.91. The molecule has 1 N–H and O–H groups in total. The van der Waals surface area contributed by atoms with Crippen LogP contribution in [0.4, 0.5) is 0 Å². The van der Waals surface area contributed by atoms with E-state index in [4.69, 9.17) is 4.74 Å². The van der Waals surface area contributed by atoms with Crippen molar-refractivity contribution in [1.29, 1.82) is 0 Å². The van der Waals surface area contributed by atoms with E-state index in [0.717, 1.165) is 11.4 Å². The SMILES string of the molecule is Cc1ccc(O[C@@H](C)C(=O)N2CCC(O)(Cn3ccnc3C)CC2)cc1C. The molecule has 6 nitrogen and oxygen atoms in total. The smallest absolute Gasteiger partial charge is 0.263 e. The Morgan fingerprint density at radius 2 is 1.96 bits per heavy atom. The Labute approximate surface area is 160 Å². The van der Waals surface area contributed by atoms with Gasteiger partial charge in [0, 0.05) is 25.5 Å². The molecule has 3 rings (SSSR count). The number of likely N-dealkylation sites (tertiary alicyclic amines) is 1. The molecule has 2 heterocycles.